The van der Waals surface area contributed by atoms with Gasteiger partial charge in [-0.05, 0) is 13.8 Å². The van der Waals surface area contributed by atoms with Gasteiger partial charge < -0.3 is 9.05 Å². The summed E-state index contributed by atoms with van der Waals surface area (Å²) in [6.07, 6.45) is -0.804. The molecule has 4 rings (SSSR count). The number of nitrogens with zero attached hydrogens (tertiary/aromatic N) is 2. The smallest absolute Gasteiger partial charge is 0.200 e. The minimum absolute atomic E-state index is 0.0343. The van der Waals surface area contributed by atoms with Crippen molar-refractivity contribution in [3.8, 4) is 0 Å². The highest BCUT2D eigenvalue weighted by molar-refractivity contribution is 5.45. The highest BCUT2D eigenvalue weighted by Gasteiger charge is 2.39. The predicted molar refractivity (Wildman–Crippen MR) is 98.7 cm³/mol. The van der Waals surface area contributed by atoms with Crippen LogP contribution < -0.4 is 0 Å². The SMILES string of the molecule is Cc1cc(Cc2c(F)c(F)c([C@@H](c3cc(C)no3)c3c(F)c(F)c(F)c(F)c3F)c(F)c2F)on1. The first kappa shape index (κ1) is 24.4. The van der Waals surface area contributed by atoms with Crippen LogP contribution in [0.15, 0.2) is 21.2 Å². The van der Waals surface area contributed by atoms with Crippen LogP contribution in [0.5, 0.6) is 0 Å². The molecule has 4 aromatic rings. The monoisotopic (exact) mass is 506 g/mol. The summed E-state index contributed by atoms with van der Waals surface area (Å²) < 4.78 is 140. The van der Waals surface area contributed by atoms with E-state index in [9.17, 15) is 30.7 Å². The third kappa shape index (κ3) is 3.94. The minimum Gasteiger partial charge on any atom is -0.361 e. The van der Waals surface area contributed by atoms with Crippen molar-refractivity contribution in [1.82, 2.24) is 10.3 Å². The van der Waals surface area contributed by atoms with Gasteiger partial charge in [0.25, 0.3) is 0 Å². The van der Waals surface area contributed by atoms with Crippen LogP contribution in [0.3, 0.4) is 0 Å². The van der Waals surface area contributed by atoms with Crippen LogP contribution in [0.25, 0.3) is 0 Å². The topological polar surface area (TPSA) is 52.1 Å². The Bertz CT molecular complexity index is 1400. The molecule has 35 heavy (non-hydrogen) atoms. The molecule has 13 heteroatoms. The van der Waals surface area contributed by atoms with Crippen molar-refractivity contribution in [3.63, 3.8) is 0 Å². The largest absolute Gasteiger partial charge is 0.361 e. The summed E-state index contributed by atoms with van der Waals surface area (Å²) >= 11 is 0. The quantitative estimate of drug-likeness (QED) is 0.181. The average Bonchev–Trinajstić information content (AvgIpc) is 3.44. The molecule has 2 heterocycles. The highest BCUT2D eigenvalue weighted by Crippen LogP contribution is 2.42. The van der Waals surface area contributed by atoms with Crippen molar-refractivity contribution in [3.05, 3.63) is 104 Å². The first-order valence-corrected chi connectivity index (χ1v) is 9.65. The molecule has 0 saturated carbocycles. The molecule has 2 aromatic heterocycles. The summed E-state index contributed by atoms with van der Waals surface area (Å²) in [5.41, 5.74) is -4.40. The fraction of sp³-hybridized carbons (Fsp3) is 0.182. The lowest BCUT2D eigenvalue weighted by Crippen LogP contribution is -2.18. The molecule has 0 aliphatic heterocycles. The van der Waals surface area contributed by atoms with Gasteiger partial charge in [0.2, 0.25) is 5.82 Å². The van der Waals surface area contributed by atoms with Crippen molar-refractivity contribution in [2.75, 3.05) is 0 Å². The van der Waals surface area contributed by atoms with Crippen molar-refractivity contribution in [2.45, 2.75) is 26.2 Å². The summed E-state index contributed by atoms with van der Waals surface area (Å²) in [6.45, 7) is 2.73. The van der Waals surface area contributed by atoms with Crippen LogP contribution in [0.4, 0.5) is 39.5 Å². The number of hydrogen-bond donors (Lipinski definition) is 0. The van der Waals surface area contributed by atoms with Gasteiger partial charge in [0.15, 0.2) is 46.5 Å². The van der Waals surface area contributed by atoms with Gasteiger partial charge in [-0.15, -0.1) is 0 Å². The molecule has 0 amide bonds. The zero-order valence-electron chi connectivity index (χ0n) is 17.6. The van der Waals surface area contributed by atoms with Gasteiger partial charge in [-0.3, -0.25) is 0 Å². The Morgan fingerprint density at radius 2 is 1.03 bits per heavy atom. The molecule has 0 radical (unpaired) electrons. The predicted octanol–water partition coefficient (Wildman–Crippen LogP) is 6.30. The number of halogens is 9. The van der Waals surface area contributed by atoms with E-state index in [1.54, 1.807) is 0 Å². The third-order valence-corrected chi connectivity index (χ3v) is 5.17. The summed E-state index contributed by atoms with van der Waals surface area (Å²) in [4.78, 5) is 0. The Kier molecular flexibility index (Phi) is 6.11. The van der Waals surface area contributed by atoms with Gasteiger partial charge >= 0.3 is 0 Å². The second-order valence-corrected chi connectivity index (χ2v) is 7.55. The molecule has 4 nitrogen and oxygen atoms in total. The number of aryl methyl sites for hydroxylation is 2. The van der Waals surface area contributed by atoms with Crippen LogP contribution in [0.1, 0.15) is 45.5 Å². The summed E-state index contributed by atoms with van der Waals surface area (Å²) in [5.74, 6) is -24.4. The van der Waals surface area contributed by atoms with Crippen molar-refractivity contribution in [1.29, 1.82) is 0 Å². The fourth-order valence-corrected chi connectivity index (χ4v) is 3.60. The van der Waals surface area contributed by atoms with E-state index in [0.29, 0.717) is 5.69 Å². The van der Waals surface area contributed by atoms with E-state index < -0.39 is 87.1 Å². The molecule has 0 saturated heterocycles. The van der Waals surface area contributed by atoms with Gasteiger partial charge in [-0.2, -0.15) is 0 Å². The summed E-state index contributed by atoms with van der Waals surface area (Å²) in [5, 5.41) is 6.83. The van der Waals surface area contributed by atoms with Crippen LogP contribution >= 0.6 is 0 Å². The van der Waals surface area contributed by atoms with E-state index in [1.165, 1.54) is 19.9 Å². The van der Waals surface area contributed by atoms with Crippen molar-refractivity contribution < 1.29 is 48.6 Å². The average molecular weight is 506 g/mol. The summed E-state index contributed by atoms with van der Waals surface area (Å²) in [6, 6.07) is 2.08. The molecule has 0 aliphatic rings. The number of benzene rings is 2. The molecule has 184 valence electrons. The van der Waals surface area contributed by atoms with Crippen LogP contribution in [0, 0.1) is 66.2 Å². The molecule has 0 bridgehead atoms. The van der Waals surface area contributed by atoms with Gasteiger partial charge in [0.05, 0.1) is 17.3 Å². The van der Waals surface area contributed by atoms with E-state index in [-0.39, 0.29) is 11.5 Å². The Labute approximate surface area is 189 Å². The molecule has 0 fully saturated rings. The minimum atomic E-state index is -2.65. The molecule has 2 aromatic carbocycles. The van der Waals surface area contributed by atoms with E-state index in [2.05, 4.69) is 10.3 Å². The molecule has 0 unspecified atom stereocenters. The lowest BCUT2D eigenvalue weighted by molar-refractivity contribution is 0.342. The second-order valence-electron chi connectivity index (χ2n) is 7.55. The lowest BCUT2D eigenvalue weighted by Gasteiger charge is -2.20. The zero-order valence-corrected chi connectivity index (χ0v) is 17.6. The Balaban J connectivity index is 2.02. The van der Waals surface area contributed by atoms with Gasteiger partial charge in [-0.1, -0.05) is 10.3 Å². The normalized spacial score (nSPS) is 12.4. The molecule has 0 aliphatic carbocycles. The number of hydrogen-bond acceptors (Lipinski definition) is 4. The van der Waals surface area contributed by atoms with E-state index >= 15 is 8.78 Å². The lowest BCUT2D eigenvalue weighted by atomic mass is 9.85. The van der Waals surface area contributed by atoms with Crippen LogP contribution in [0.2, 0.25) is 0 Å². The standard InChI is InChI=1S/C22H11F9N2O2/c1-6-3-8(34-32-6)5-9-14(23)16(25)12(17(26)15(9)24)11(10-4-7(2)33-35-10)13-18(27)20(29)22(31)21(30)19(13)28/h3-4,11H,5H2,1-2H3/t11-/m1/s1. The van der Waals surface area contributed by atoms with Gasteiger partial charge in [0.1, 0.15) is 11.5 Å². The second kappa shape index (κ2) is 8.78. The van der Waals surface area contributed by atoms with E-state index in [1.807, 2.05) is 0 Å². The highest BCUT2D eigenvalue weighted by atomic mass is 19.2. The van der Waals surface area contributed by atoms with Crippen molar-refractivity contribution >= 4 is 0 Å². The zero-order chi connectivity index (χ0) is 25.8. The van der Waals surface area contributed by atoms with Crippen LogP contribution in [-0.4, -0.2) is 10.3 Å². The number of rotatable bonds is 5. The first-order valence-electron chi connectivity index (χ1n) is 9.65. The molecule has 1 atom stereocenters. The molecule has 0 N–H and O–H groups in total. The fourth-order valence-electron chi connectivity index (χ4n) is 3.60. The van der Waals surface area contributed by atoms with E-state index in [4.69, 9.17) is 9.05 Å². The first-order chi connectivity index (χ1) is 16.4. The molecule has 0 spiro atoms. The van der Waals surface area contributed by atoms with Crippen LogP contribution in [-0.2, 0) is 6.42 Å². The Morgan fingerprint density at radius 3 is 1.46 bits per heavy atom. The summed E-state index contributed by atoms with van der Waals surface area (Å²) in [7, 11) is 0. The molecular weight excluding hydrogens is 495 g/mol. The number of aromatic nitrogens is 2. The third-order valence-electron chi connectivity index (χ3n) is 5.17. The maximum Gasteiger partial charge on any atom is 0.200 e. The van der Waals surface area contributed by atoms with Gasteiger partial charge in [0, 0.05) is 35.2 Å². The van der Waals surface area contributed by atoms with E-state index in [0.717, 1.165) is 6.07 Å². The maximum atomic E-state index is 15.2. The maximum absolute atomic E-state index is 15.2. The Hall–Kier alpha value is -3.77. The van der Waals surface area contributed by atoms with Gasteiger partial charge in [-0.25, -0.2) is 39.5 Å². The Morgan fingerprint density at radius 1 is 0.600 bits per heavy atom. The van der Waals surface area contributed by atoms with Crippen molar-refractivity contribution in [2.24, 2.45) is 0 Å². The molecular formula is C22H11F9N2O2.